The molecule has 1 heterocycles. The van der Waals surface area contributed by atoms with Crippen molar-refractivity contribution in [1.82, 2.24) is 4.98 Å². The normalized spacial score (nSPS) is 12.8. The zero-order valence-corrected chi connectivity index (χ0v) is 11.2. The van der Waals surface area contributed by atoms with Crippen LogP contribution in [-0.4, -0.2) is 12.1 Å². The number of unbranched alkanes of at least 4 members (excludes halogenated alkanes) is 2. The molecule has 18 heavy (non-hydrogen) atoms. The Morgan fingerprint density at radius 1 is 1.33 bits per heavy atom. The maximum absolute atomic E-state index is 6.28. The molecular weight excluding hydrogens is 224 g/mol. The number of aromatic nitrogens is 1. The van der Waals surface area contributed by atoms with Gasteiger partial charge in [0.2, 0.25) is 0 Å². The monoisotopic (exact) mass is 246 g/mol. The second-order valence-corrected chi connectivity index (χ2v) is 4.76. The van der Waals surface area contributed by atoms with Gasteiger partial charge in [0.25, 0.3) is 0 Å². The molecule has 0 aliphatic rings. The van der Waals surface area contributed by atoms with Crippen LogP contribution in [0.3, 0.4) is 0 Å². The molecule has 3 nitrogen and oxygen atoms in total. The molecule has 0 radical (unpaired) electrons. The van der Waals surface area contributed by atoms with Crippen LogP contribution in [0.5, 0.6) is 5.75 Å². The minimum Gasteiger partial charge on any atom is -0.497 e. The fraction of sp³-hybridized carbons (Fsp3) is 0.467. The molecule has 0 amide bonds. The van der Waals surface area contributed by atoms with E-state index in [4.69, 9.17) is 10.5 Å². The van der Waals surface area contributed by atoms with E-state index in [0.717, 1.165) is 17.7 Å². The summed E-state index contributed by atoms with van der Waals surface area (Å²) in [6.07, 6.45) is 6.74. The molecule has 2 rings (SSSR count). The molecule has 0 saturated heterocycles. The Balaban J connectivity index is 2.21. The molecule has 0 unspecified atom stereocenters. The Bertz CT molecular complexity index is 504. The summed E-state index contributed by atoms with van der Waals surface area (Å²) >= 11 is 0. The minimum absolute atomic E-state index is 0.109. The number of rotatable bonds is 6. The van der Waals surface area contributed by atoms with Crippen LogP contribution >= 0.6 is 0 Å². The van der Waals surface area contributed by atoms with Crippen LogP contribution < -0.4 is 10.5 Å². The number of aromatic amines is 1. The fourth-order valence-corrected chi connectivity index (χ4v) is 2.32. The van der Waals surface area contributed by atoms with Crippen LogP contribution in [0.1, 0.15) is 44.2 Å². The number of ether oxygens (including phenoxy) is 1. The molecule has 3 heteroatoms. The van der Waals surface area contributed by atoms with Crippen molar-refractivity contribution in [2.75, 3.05) is 7.11 Å². The van der Waals surface area contributed by atoms with Crippen LogP contribution in [0, 0.1) is 0 Å². The Morgan fingerprint density at radius 3 is 2.89 bits per heavy atom. The molecule has 1 aromatic heterocycles. The van der Waals surface area contributed by atoms with Gasteiger partial charge >= 0.3 is 0 Å². The lowest BCUT2D eigenvalue weighted by Gasteiger charge is -2.10. The molecule has 0 spiro atoms. The maximum atomic E-state index is 6.28. The lowest BCUT2D eigenvalue weighted by Crippen LogP contribution is -2.09. The second-order valence-electron chi connectivity index (χ2n) is 4.76. The van der Waals surface area contributed by atoms with Crippen molar-refractivity contribution in [1.29, 1.82) is 0 Å². The third kappa shape index (κ3) is 2.67. The first-order chi connectivity index (χ1) is 8.76. The molecule has 1 atom stereocenters. The first-order valence-electron chi connectivity index (χ1n) is 6.67. The first kappa shape index (κ1) is 13.0. The summed E-state index contributed by atoms with van der Waals surface area (Å²) in [6.45, 7) is 2.21. The number of fused-ring (bicyclic) bond motifs is 1. The zero-order valence-electron chi connectivity index (χ0n) is 11.2. The van der Waals surface area contributed by atoms with E-state index in [2.05, 4.69) is 18.0 Å². The van der Waals surface area contributed by atoms with Gasteiger partial charge in [-0.15, -0.1) is 0 Å². The minimum atomic E-state index is 0.109. The Labute approximate surface area is 108 Å². The third-order valence-electron chi connectivity index (χ3n) is 3.44. The molecular formula is C15H22N2O. The lowest BCUT2D eigenvalue weighted by molar-refractivity contribution is 0.415. The van der Waals surface area contributed by atoms with E-state index in [0.29, 0.717) is 0 Å². The van der Waals surface area contributed by atoms with Gasteiger partial charge in [0.1, 0.15) is 5.75 Å². The van der Waals surface area contributed by atoms with Crippen LogP contribution in [0.2, 0.25) is 0 Å². The molecule has 0 saturated carbocycles. The van der Waals surface area contributed by atoms with Crippen molar-refractivity contribution in [3.8, 4) is 5.75 Å². The van der Waals surface area contributed by atoms with Crippen LogP contribution in [0.25, 0.3) is 10.9 Å². The number of H-pyrrole nitrogens is 1. The topological polar surface area (TPSA) is 51.0 Å². The van der Waals surface area contributed by atoms with E-state index in [1.54, 1.807) is 7.11 Å². The van der Waals surface area contributed by atoms with Crippen molar-refractivity contribution in [3.63, 3.8) is 0 Å². The quantitative estimate of drug-likeness (QED) is 0.762. The number of benzene rings is 1. The molecule has 2 aromatic rings. The van der Waals surface area contributed by atoms with E-state index in [1.807, 2.05) is 18.3 Å². The summed E-state index contributed by atoms with van der Waals surface area (Å²) in [5.74, 6) is 0.879. The summed E-state index contributed by atoms with van der Waals surface area (Å²) in [7, 11) is 1.69. The Morgan fingerprint density at radius 2 is 2.17 bits per heavy atom. The van der Waals surface area contributed by atoms with Crippen molar-refractivity contribution in [2.24, 2.45) is 5.73 Å². The average molecular weight is 246 g/mol. The molecule has 1 aromatic carbocycles. The van der Waals surface area contributed by atoms with E-state index >= 15 is 0 Å². The van der Waals surface area contributed by atoms with Gasteiger partial charge in [0.15, 0.2) is 0 Å². The van der Waals surface area contributed by atoms with E-state index in [1.165, 1.54) is 30.2 Å². The van der Waals surface area contributed by atoms with Crippen molar-refractivity contribution in [3.05, 3.63) is 30.0 Å². The highest BCUT2D eigenvalue weighted by atomic mass is 16.5. The molecule has 0 fully saturated rings. The van der Waals surface area contributed by atoms with Crippen LogP contribution in [0.15, 0.2) is 24.4 Å². The summed E-state index contributed by atoms with van der Waals surface area (Å²) in [6, 6.07) is 6.17. The molecule has 98 valence electrons. The van der Waals surface area contributed by atoms with Crippen LogP contribution in [-0.2, 0) is 0 Å². The summed E-state index contributed by atoms with van der Waals surface area (Å²) in [4.78, 5) is 3.28. The Hall–Kier alpha value is -1.48. The average Bonchev–Trinajstić information content (AvgIpc) is 2.81. The summed E-state index contributed by atoms with van der Waals surface area (Å²) < 4.78 is 5.27. The van der Waals surface area contributed by atoms with Gasteiger partial charge in [-0.25, -0.2) is 0 Å². The third-order valence-corrected chi connectivity index (χ3v) is 3.44. The molecule has 0 aliphatic carbocycles. The molecule has 3 N–H and O–H groups in total. The Kier molecular flexibility index (Phi) is 4.26. The van der Waals surface area contributed by atoms with Gasteiger partial charge in [-0.05, 0) is 30.2 Å². The van der Waals surface area contributed by atoms with Crippen LogP contribution in [0.4, 0.5) is 0 Å². The van der Waals surface area contributed by atoms with E-state index in [9.17, 15) is 0 Å². The second kappa shape index (κ2) is 5.91. The number of nitrogens with one attached hydrogen (secondary N) is 1. The lowest BCUT2D eigenvalue weighted by atomic mass is 10.0. The summed E-state index contributed by atoms with van der Waals surface area (Å²) in [5, 5.41) is 1.18. The first-order valence-corrected chi connectivity index (χ1v) is 6.67. The largest absolute Gasteiger partial charge is 0.497 e. The van der Waals surface area contributed by atoms with Crippen molar-refractivity contribution >= 4 is 10.9 Å². The predicted molar refractivity (Wildman–Crippen MR) is 75.9 cm³/mol. The van der Waals surface area contributed by atoms with Gasteiger partial charge < -0.3 is 15.5 Å². The standard InChI is InChI=1S/C15H22N2O/c1-3-4-5-6-14(16)13-10-17-15-8-7-11(18-2)9-12(13)15/h7-10,14,17H,3-6,16H2,1-2H3/t14-/m1/s1. The number of nitrogens with two attached hydrogens (primary N) is 1. The van der Waals surface area contributed by atoms with Gasteiger partial charge in [-0.2, -0.15) is 0 Å². The van der Waals surface area contributed by atoms with Gasteiger partial charge in [0, 0.05) is 23.1 Å². The van der Waals surface area contributed by atoms with Gasteiger partial charge in [-0.3, -0.25) is 0 Å². The van der Waals surface area contributed by atoms with Gasteiger partial charge in [-0.1, -0.05) is 26.2 Å². The fourth-order valence-electron chi connectivity index (χ4n) is 2.32. The van der Waals surface area contributed by atoms with Crippen molar-refractivity contribution < 1.29 is 4.74 Å². The van der Waals surface area contributed by atoms with E-state index < -0.39 is 0 Å². The molecule has 0 bridgehead atoms. The SMILES string of the molecule is CCCCC[C@@H](N)c1c[nH]c2ccc(OC)cc12. The number of hydrogen-bond donors (Lipinski definition) is 2. The zero-order chi connectivity index (χ0) is 13.0. The number of methoxy groups -OCH3 is 1. The van der Waals surface area contributed by atoms with Gasteiger partial charge in [0.05, 0.1) is 7.11 Å². The van der Waals surface area contributed by atoms with Crippen molar-refractivity contribution in [2.45, 2.75) is 38.6 Å². The highest BCUT2D eigenvalue weighted by molar-refractivity contribution is 5.85. The maximum Gasteiger partial charge on any atom is 0.119 e. The summed E-state index contributed by atoms with van der Waals surface area (Å²) in [5.41, 5.74) is 8.59. The smallest absolute Gasteiger partial charge is 0.119 e. The predicted octanol–water partition coefficient (Wildman–Crippen LogP) is 3.76. The molecule has 0 aliphatic heterocycles. The highest BCUT2D eigenvalue weighted by Crippen LogP contribution is 2.28. The highest BCUT2D eigenvalue weighted by Gasteiger charge is 2.12. The van der Waals surface area contributed by atoms with E-state index in [-0.39, 0.29) is 6.04 Å². The number of hydrogen-bond acceptors (Lipinski definition) is 2.